The van der Waals surface area contributed by atoms with E-state index in [9.17, 15) is 4.79 Å². The molecule has 2 aromatic carbocycles. The van der Waals surface area contributed by atoms with E-state index in [1.807, 2.05) is 31.2 Å². The Morgan fingerprint density at radius 3 is 2.70 bits per heavy atom. The number of thioether (sulfide) groups is 1. The predicted octanol–water partition coefficient (Wildman–Crippen LogP) is 5.46. The second-order valence-electron chi connectivity index (χ2n) is 4.96. The van der Waals surface area contributed by atoms with E-state index < -0.39 is 0 Å². The summed E-state index contributed by atoms with van der Waals surface area (Å²) in [7, 11) is 0. The number of nitrogens with zero attached hydrogens (tertiary/aromatic N) is 1. The summed E-state index contributed by atoms with van der Waals surface area (Å²) < 4.78 is 2.06. The number of amides is 1. The van der Waals surface area contributed by atoms with Crippen molar-refractivity contribution in [2.45, 2.75) is 22.9 Å². The van der Waals surface area contributed by atoms with Crippen LogP contribution in [0.25, 0.3) is 10.2 Å². The van der Waals surface area contributed by atoms with Gasteiger partial charge < -0.3 is 5.32 Å². The van der Waals surface area contributed by atoms with Crippen LogP contribution in [0.2, 0.25) is 5.02 Å². The highest BCUT2D eigenvalue weighted by Crippen LogP contribution is 2.33. The maximum atomic E-state index is 12.5. The molecule has 1 amide bonds. The van der Waals surface area contributed by atoms with Gasteiger partial charge in [0.1, 0.15) is 0 Å². The fourth-order valence-corrected chi connectivity index (χ4v) is 4.46. The van der Waals surface area contributed by atoms with E-state index in [-0.39, 0.29) is 11.2 Å². The molecule has 1 heterocycles. The largest absolute Gasteiger partial charge is 0.325 e. The van der Waals surface area contributed by atoms with Crippen molar-refractivity contribution in [3.8, 4) is 0 Å². The van der Waals surface area contributed by atoms with Crippen LogP contribution in [0, 0.1) is 0 Å². The summed E-state index contributed by atoms with van der Waals surface area (Å²) in [6.45, 7) is 2.01. The highest BCUT2D eigenvalue weighted by Gasteiger charge is 2.20. The quantitative estimate of drug-likeness (QED) is 0.613. The molecular weight excluding hydrogens is 348 g/mol. The molecule has 0 spiro atoms. The van der Waals surface area contributed by atoms with E-state index in [4.69, 9.17) is 11.6 Å². The highest BCUT2D eigenvalue weighted by atomic mass is 35.5. The number of carbonyl (C=O) groups is 1. The average Bonchev–Trinajstić information content (AvgIpc) is 2.97. The summed E-state index contributed by atoms with van der Waals surface area (Å²) in [5, 5.41) is 3.41. The molecule has 3 rings (SSSR count). The van der Waals surface area contributed by atoms with E-state index in [1.54, 1.807) is 35.6 Å². The smallest absolute Gasteiger partial charge is 0.237 e. The number of hydrogen-bond donors (Lipinski definition) is 1. The minimum absolute atomic E-state index is 0.0147. The third-order valence-corrected chi connectivity index (χ3v) is 6.04. The molecule has 3 aromatic rings. The fourth-order valence-electron chi connectivity index (χ4n) is 2.10. The lowest BCUT2D eigenvalue weighted by Gasteiger charge is -2.13. The number of anilines is 1. The topological polar surface area (TPSA) is 42.0 Å². The van der Waals surface area contributed by atoms with E-state index in [0.717, 1.165) is 26.7 Å². The van der Waals surface area contributed by atoms with Crippen molar-refractivity contribution in [3.05, 3.63) is 53.6 Å². The van der Waals surface area contributed by atoms with Gasteiger partial charge in [-0.3, -0.25) is 4.79 Å². The molecule has 1 atom stereocenters. The van der Waals surface area contributed by atoms with E-state index in [1.165, 1.54) is 11.8 Å². The van der Waals surface area contributed by atoms with Gasteiger partial charge in [-0.2, -0.15) is 0 Å². The molecule has 0 fully saturated rings. The Balaban J connectivity index is 1.71. The van der Waals surface area contributed by atoms with Crippen molar-refractivity contribution in [1.29, 1.82) is 0 Å². The second-order valence-corrected chi connectivity index (χ2v) is 7.88. The molecule has 0 bridgehead atoms. The zero-order valence-corrected chi connectivity index (χ0v) is 14.8. The van der Waals surface area contributed by atoms with Gasteiger partial charge in [0.15, 0.2) is 4.34 Å². The number of carbonyl (C=O) groups excluding carboxylic acids is 1. The minimum Gasteiger partial charge on any atom is -0.325 e. The maximum absolute atomic E-state index is 12.5. The first-order chi connectivity index (χ1) is 11.2. The Kier molecular flexibility index (Phi) is 5.20. The Bertz CT molecular complexity index is 784. The first kappa shape index (κ1) is 16.3. The van der Waals surface area contributed by atoms with Gasteiger partial charge >= 0.3 is 0 Å². The van der Waals surface area contributed by atoms with Crippen LogP contribution in [0.4, 0.5) is 5.69 Å². The van der Waals surface area contributed by atoms with Crippen LogP contribution >= 0.6 is 34.7 Å². The number of thiazole rings is 1. The van der Waals surface area contributed by atoms with Gasteiger partial charge in [0.05, 0.1) is 15.5 Å². The monoisotopic (exact) mass is 362 g/mol. The van der Waals surface area contributed by atoms with Gasteiger partial charge in [-0.25, -0.2) is 4.98 Å². The maximum Gasteiger partial charge on any atom is 0.237 e. The summed E-state index contributed by atoms with van der Waals surface area (Å²) in [6, 6.07) is 15.1. The summed E-state index contributed by atoms with van der Waals surface area (Å²) in [5.74, 6) is -0.0147. The van der Waals surface area contributed by atoms with Gasteiger partial charge in [0.2, 0.25) is 5.91 Å². The molecular formula is C17H15ClN2OS2. The summed E-state index contributed by atoms with van der Waals surface area (Å²) >= 11 is 9.00. The standard InChI is InChI=1S/C17H15ClN2OS2/c1-2-14(16(21)19-12-9-7-11(18)8-10-12)22-17-20-13-5-3-4-6-15(13)23-17/h3-10,14H,2H2,1H3,(H,19,21)/t14-/m1/s1. The van der Waals surface area contributed by atoms with Gasteiger partial charge in [-0.15, -0.1) is 11.3 Å². The Hall–Kier alpha value is -1.56. The van der Waals surface area contributed by atoms with E-state index >= 15 is 0 Å². The SMILES string of the molecule is CC[C@@H](Sc1nc2ccccc2s1)C(=O)Nc1ccc(Cl)cc1. The van der Waals surface area contributed by atoms with Crippen LogP contribution in [-0.2, 0) is 4.79 Å². The molecule has 0 saturated carbocycles. The molecule has 6 heteroatoms. The number of benzene rings is 2. The van der Waals surface area contributed by atoms with Crippen molar-refractivity contribution in [2.24, 2.45) is 0 Å². The first-order valence-corrected chi connectivity index (χ1v) is 9.32. The first-order valence-electron chi connectivity index (χ1n) is 7.24. The third-order valence-electron chi connectivity index (χ3n) is 3.29. The number of halogens is 1. The van der Waals surface area contributed by atoms with E-state index in [2.05, 4.69) is 10.3 Å². The van der Waals surface area contributed by atoms with E-state index in [0.29, 0.717) is 5.02 Å². The van der Waals surface area contributed by atoms with Crippen molar-refractivity contribution in [2.75, 3.05) is 5.32 Å². The van der Waals surface area contributed by atoms with Crippen molar-refractivity contribution >= 4 is 56.5 Å². The minimum atomic E-state index is -0.175. The zero-order chi connectivity index (χ0) is 16.2. The molecule has 0 aliphatic rings. The van der Waals surface area contributed by atoms with Crippen molar-refractivity contribution < 1.29 is 4.79 Å². The highest BCUT2D eigenvalue weighted by molar-refractivity contribution is 8.02. The van der Waals surface area contributed by atoms with Gasteiger partial charge in [-0.05, 0) is 42.8 Å². The molecule has 118 valence electrons. The second kappa shape index (κ2) is 7.34. The lowest BCUT2D eigenvalue weighted by Crippen LogP contribution is -2.24. The molecule has 0 aliphatic carbocycles. The lowest BCUT2D eigenvalue weighted by atomic mass is 10.3. The van der Waals surface area contributed by atoms with Crippen LogP contribution in [-0.4, -0.2) is 16.1 Å². The van der Waals surface area contributed by atoms with Gasteiger partial charge in [-0.1, -0.05) is 42.4 Å². The summed E-state index contributed by atoms with van der Waals surface area (Å²) in [5.41, 5.74) is 1.73. The van der Waals surface area contributed by atoms with Crippen LogP contribution in [0.15, 0.2) is 52.9 Å². The number of aromatic nitrogens is 1. The molecule has 0 saturated heterocycles. The van der Waals surface area contributed by atoms with Crippen LogP contribution in [0.5, 0.6) is 0 Å². The number of nitrogens with one attached hydrogen (secondary N) is 1. The van der Waals surface area contributed by atoms with Gasteiger partial charge in [0.25, 0.3) is 0 Å². The van der Waals surface area contributed by atoms with Crippen LogP contribution < -0.4 is 5.32 Å². The Labute approximate surface area is 148 Å². The molecule has 0 aliphatic heterocycles. The van der Waals surface area contributed by atoms with Crippen LogP contribution in [0.1, 0.15) is 13.3 Å². The molecule has 0 unspecified atom stereocenters. The predicted molar refractivity (Wildman–Crippen MR) is 99.6 cm³/mol. The number of para-hydroxylation sites is 1. The Morgan fingerprint density at radius 1 is 1.26 bits per heavy atom. The third kappa shape index (κ3) is 4.05. The fraction of sp³-hybridized carbons (Fsp3) is 0.176. The average molecular weight is 363 g/mol. The van der Waals surface area contributed by atoms with Crippen molar-refractivity contribution in [1.82, 2.24) is 4.98 Å². The normalized spacial score (nSPS) is 12.3. The summed E-state index contributed by atoms with van der Waals surface area (Å²) in [6.07, 6.45) is 0.736. The van der Waals surface area contributed by atoms with Gasteiger partial charge in [0, 0.05) is 10.7 Å². The molecule has 1 N–H and O–H groups in total. The van der Waals surface area contributed by atoms with Crippen LogP contribution in [0.3, 0.4) is 0 Å². The number of hydrogen-bond acceptors (Lipinski definition) is 4. The molecule has 23 heavy (non-hydrogen) atoms. The Morgan fingerprint density at radius 2 is 2.00 bits per heavy atom. The zero-order valence-electron chi connectivity index (χ0n) is 12.5. The molecule has 3 nitrogen and oxygen atoms in total. The lowest BCUT2D eigenvalue weighted by molar-refractivity contribution is -0.115. The van der Waals surface area contributed by atoms with Crippen molar-refractivity contribution in [3.63, 3.8) is 0 Å². The number of fused-ring (bicyclic) bond motifs is 1. The molecule has 1 aromatic heterocycles. The summed E-state index contributed by atoms with van der Waals surface area (Å²) in [4.78, 5) is 17.0. The number of rotatable bonds is 5. The molecule has 0 radical (unpaired) electrons.